The second-order valence-electron chi connectivity index (χ2n) is 7.39. The van der Waals surface area contributed by atoms with Crippen LogP contribution in [0, 0.1) is 0 Å². The van der Waals surface area contributed by atoms with Crippen LogP contribution in [0.25, 0.3) is 0 Å². The van der Waals surface area contributed by atoms with Gasteiger partial charge in [0.15, 0.2) is 0 Å². The maximum absolute atomic E-state index is 12.8. The topological polar surface area (TPSA) is 115 Å². The quantitative estimate of drug-likeness (QED) is 0.717. The summed E-state index contributed by atoms with van der Waals surface area (Å²) in [5.41, 5.74) is 0.601. The Hall–Kier alpha value is -3.00. The molecule has 1 fully saturated rings. The number of aryl methyl sites for hydroxylation is 1. The van der Waals surface area contributed by atoms with Gasteiger partial charge in [0.05, 0.1) is 6.04 Å². The molecule has 1 aliphatic heterocycles. The maximum Gasteiger partial charge on any atom is 0.274 e. The molecular formula is C20H22N4O4. The first-order valence-corrected chi connectivity index (χ1v) is 9.42. The molecule has 0 radical (unpaired) electrons. The van der Waals surface area contributed by atoms with Crippen molar-refractivity contribution in [3.8, 4) is 0 Å². The van der Waals surface area contributed by atoms with Crippen molar-refractivity contribution >= 4 is 11.8 Å². The molecule has 0 spiro atoms. The number of nitrogens with one attached hydrogen (secondary N) is 2. The van der Waals surface area contributed by atoms with Gasteiger partial charge in [0.2, 0.25) is 0 Å². The largest absolute Gasteiger partial charge is 0.380 e. The first kappa shape index (κ1) is 18.4. The second kappa shape index (κ2) is 7.20. The molecule has 8 nitrogen and oxygen atoms in total. The summed E-state index contributed by atoms with van der Waals surface area (Å²) in [6.45, 7) is 0.482. The first-order valence-electron chi connectivity index (χ1n) is 9.42. The number of carbonyl (C=O) groups excluding carboxylic acids is 2. The molecule has 0 bridgehead atoms. The van der Waals surface area contributed by atoms with E-state index in [1.165, 1.54) is 22.6 Å². The Morgan fingerprint density at radius 2 is 1.93 bits per heavy atom. The Kier molecular flexibility index (Phi) is 4.72. The van der Waals surface area contributed by atoms with Gasteiger partial charge in [-0.2, -0.15) is 5.10 Å². The van der Waals surface area contributed by atoms with Crippen LogP contribution in [0.4, 0.5) is 0 Å². The van der Waals surface area contributed by atoms with Crippen molar-refractivity contribution in [1.29, 1.82) is 0 Å². The molecular weight excluding hydrogens is 360 g/mol. The predicted octanol–water partition coefficient (Wildman–Crippen LogP) is 0.541. The van der Waals surface area contributed by atoms with Crippen LogP contribution in [-0.4, -0.2) is 50.7 Å². The summed E-state index contributed by atoms with van der Waals surface area (Å²) < 4.78 is 0. The van der Waals surface area contributed by atoms with E-state index in [0.29, 0.717) is 0 Å². The lowest BCUT2D eigenvalue weighted by Gasteiger charge is -2.37. The van der Waals surface area contributed by atoms with Crippen molar-refractivity contribution in [2.24, 2.45) is 0 Å². The Morgan fingerprint density at radius 1 is 1.18 bits per heavy atom. The fourth-order valence-electron chi connectivity index (χ4n) is 3.93. The van der Waals surface area contributed by atoms with Crippen molar-refractivity contribution in [3.63, 3.8) is 0 Å². The number of aromatic nitrogens is 2. The van der Waals surface area contributed by atoms with E-state index in [2.05, 4.69) is 21.6 Å². The standard InChI is InChI=1S/C20H22N4O4/c25-17-8-7-16(22-23-17)18(26)24-11-9-20(28,10-12-24)19(27)21-15-6-5-13-3-1-2-4-14(13)15/h1-4,7-8,15,28H,5-6,9-12H2,(H,21,27)(H,23,25). The molecule has 2 amide bonds. The number of fused-ring (bicyclic) bond motifs is 1. The van der Waals surface area contributed by atoms with E-state index >= 15 is 0 Å². The number of carbonyl (C=O) groups is 2. The van der Waals surface area contributed by atoms with Crippen LogP contribution in [-0.2, 0) is 11.2 Å². The van der Waals surface area contributed by atoms with Crippen LogP contribution in [0.3, 0.4) is 0 Å². The molecule has 4 rings (SSSR count). The Bertz CT molecular complexity index is 942. The smallest absolute Gasteiger partial charge is 0.274 e. The van der Waals surface area contributed by atoms with E-state index < -0.39 is 5.60 Å². The molecule has 28 heavy (non-hydrogen) atoms. The lowest BCUT2D eigenvalue weighted by molar-refractivity contribution is -0.145. The van der Waals surface area contributed by atoms with Crippen molar-refractivity contribution in [2.45, 2.75) is 37.3 Å². The zero-order chi connectivity index (χ0) is 19.7. The van der Waals surface area contributed by atoms with Gasteiger partial charge in [-0.05, 0) is 30.0 Å². The van der Waals surface area contributed by atoms with E-state index in [0.717, 1.165) is 18.4 Å². The zero-order valence-electron chi connectivity index (χ0n) is 15.4. The summed E-state index contributed by atoms with van der Waals surface area (Å²) >= 11 is 0. The van der Waals surface area contributed by atoms with E-state index in [9.17, 15) is 19.5 Å². The lowest BCUT2D eigenvalue weighted by Crippen LogP contribution is -2.55. The molecule has 1 saturated heterocycles. The number of hydrogen-bond donors (Lipinski definition) is 3. The molecule has 1 unspecified atom stereocenters. The summed E-state index contributed by atoms with van der Waals surface area (Å²) in [5, 5.41) is 19.8. The minimum Gasteiger partial charge on any atom is -0.380 e. The van der Waals surface area contributed by atoms with Crippen LogP contribution in [0.2, 0.25) is 0 Å². The number of likely N-dealkylation sites (tertiary alicyclic amines) is 1. The third kappa shape index (κ3) is 3.43. The average Bonchev–Trinajstić information content (AvgIpc) is 3.12. The average molecular weight is 382 g/mol. The Labute approximate surface area is 161 Å². The van der Waals surface area contributed by atoms with Gasteiger partial charge in [0.1, 0.15) is 11.3 Å². The number of piperidine rings is 1. The van der Waals surface area contributed by atoms with Crippen LogP contribution in [0.5, 0.6) is 0 Å². The lowest BCUT2D eigenvalue weighted by atomic mass is 9.89. The van der Waals surface area contributed by atoms with E-state index in [1.807, 2.05) is 18.2 Å². The summed E-state index contributed by atoms with van der Waals surface area (Å²) in [7, 11) is 0. The summed E-state index contributed by atoms with van der Waals surface area (Å²) in [4.78, 5) is 37.8. The van der Waals surface area contributed by atoms with Crippen molar-refractivity contribution in [3.05, 3.63) is 63.6 Å². The van der Waals surface area contributed by atoms with Crippen molar-refractivity contribution in [1.82, 2.24) is 20.4 Å². The Balaban J connectivity index is 1.38. The van der Waals surface area contributed by atoms with E-state index in [1.54, 1.807) is 0 Å². The highest BCUT2D eigenvalue weighted by Gasteiger charge is 2.42. The summed E-state index contributed by atoms with van der Waals surface area (Å²) in [6, 6.07) is 10.5. The monoisotopic (exact) mass is 382 g/mol. The zero-order valence-corrected chi connectivity index (χ0v) is 15.4. The third-order valence-corrected chi connectivity index (χ3v) is 5.64. The SMILES string of the molecule is O=C(c1ccc(=O)[nH]n1)N1CCC(O)(C(=O)NC2CCc3ccccc32)CC1. The molecule has 1 aliphatic carbocycles. The summed E-state index contributed by atoms with van der Waals surface area (Å²) in [6.07, 6.45) is 2.04. The number of hydrogen-bond acceptors (Lipinski definition) is 5. The van der Waals surface area contributed by atoms with Crippen LogP contribution in [0.15, 0.2) is 41.2 Å². The predicted molar refractivity (Wildman–Crippen MR) is 101 cm³/mol. The van der Waals surface area contributed by atoms with E-state index in [-0.39, 0.29) is 55.0 Å². The molecule has 3 N–H and O–H groups in total. The number of aliphatic hydroxyl groups is 1. The minimum atomic E-state index is -1.49. The van der Waals surface area contributed by atoms with Gasteiger partial charge in [-0.15, -0.1) is 0 Å². The minimum absolute atomic E-state index is 0.0854. The second-order valence-corrected chi connectivity index (χ2v) is 7.39. The molecule has 1 aromatic heterocycles. The first-order chi connectivity index (χ1) is 13.5. The fraction of sp³-hybridized carbons (Fsp3) is 0.400. The number of rotatable bonds is 3. The molecule has 2 heterocycles. The number of nitrogens with zero attached hydrogens (tertiary/aromatic N) is 2. The van der Waals surface area contributed by atoms with Crippen LogP contribution in [0.1, 0.15) is 46.9 Å². The van der Waals surface area contributed by atoms with Crippen molar-refractivity contribution < 1.29 is 14.7 Å². The maximum atomic E-state index is 12.8. The molecule has 8 heteroatoms. The molecule has 1 atom stereocenters. The van der Waals surface area contributed by atoms with Gasteiger partial charge >= 0.3 is 0 Å². The van der Waals surface area contributed by atoms with Gasteiger partial charge < -0.3 is 15.3 Å². The van der Waals surface area contributed by atoms with Gasteiger partial charge in [0.25, 0.3) is 17.4 Å². The Morgan fingerprint density at radius 3 is 2.64 bits per heavy atom. The molecule has 2 aliphatic rings. The number of amides is 2. The van der Waals surface area contributed by atoms with Crippen LogP contribution < -0.4 is 10.9 Å². The highest BCUT2D eigenvalue weighted by atomic mass is 16.3. The molecule has 146 valence electrons. The summed E-state index contributed by atoms with van der Waals surface area (Å²) in [5.74, 6) is -0.716. The number of aromatic amines is 1. The van der Waals surface area contributed by atoms with Gasteiger partial charge in [0, 0.05) is 32.0 Å². The molecule has 2 aromatic rings. The van der Waals surface area contributed by atoms with Gasteiger partial charge in [-0.25, -0.2) is 5.10 Å². The highest BCUT2D eigenvalue weighted by Crippen LogP contribution is 2.32. The number of benzene rings is 1. The van der Waals surface area contributed by atoms with Crippen LogP contribution >= 0.6 is 0 Å². The van der Waals surface area contributed by atoms with E-state index in [4.69, 9.17) is 0 Å². The van der Waals surface area contributed by atoms with Gasteiger partial charge in [-0.3, -0.25) is 14.4 Å². The third-order valence-electron chi connectivity index (χ3n) is 5.64. The van der Waals surface area contributed by atoms with Gasteiger partial charge in [-0.1, -0.05) is 24.3 Å². The van der Waals surface area contributed by atoms with Crippen molar-refractivity contribution in [2.75, 3.05) is 13.1 Å². The number of H-pyrrole nitrogens is 1. The normalized spacial score (nSPS) is 20.5. The highest BCUT2D eigenvalue weighted by molar-refractivity contribution is 5.92. The molecule has 1 aromatic carbocycles. The fourth-order valence-corrected chi connectivity index (χ4v) is 3.93. The molecule has 0 saturated carbocycles.